The molecule has 4 aromatic carbocycles. The highest BCUT2D eigenvalue weighted by atomic mass is 32.2. The summed E-state index contributed by atoms with van der Waals surface area (Å²) in [6, 6.07) is 38.2. The standard InChI is InChI=1S/C32H27NO4S2/c1-24(36-32-13-7-8-22-33-32)23-35-25-14-16-26(17-15-25)37-27-18-20-29(21-19-27)39(34)31-12-6-5-11-30(31)38-28-9-3-2-4-10-28/h2-22,24H,23H2,1H3. The highest BCUT2D eigenvalue weighted by Gasteiger charge is 2.13. The molecule has 5 aromatic rings. The van der Waals surface area contributed by atoms with Gasteiger partial charge in [0.15, 0.2) is 0 Å². The van der Waals surface area contributed by atoms with E-state index in [2.05, 4.69) is 4.98 Å². The zero-order chi connectivity index (χ0) is 26.9. The molecule has 0 saturated carbocycles. The molecule has 0 aliphatic carbocycles. The van der Waals surface area contributed by atoms with Crippen LogP contribution in [0.3, 0.4) is 0 Å². The summed E-state index contributed by atoms with van der Waals surface area (Å²) < 4.78 is 31.0. The van der Waals surface area contributed by atoms with Gasteiger partial charge in [0, 0.05) is 26.9 Å². The first-order valence-corrected chi connectivity index (χ1v) is 14.4. The molecule has 2 unspecified atom stereocenters. The number of aromatic nitrogens is 1. The quantitative estimate of drug-likeness (QED) is 0.165. The van der Waals surface area contributed by atoms with Gasteiger partial charge in [-0.15, -0.1) is 0 Å². The Morgan fingerprint density at radius 1 is 0.744 bits per heavy atom. The van der Waals surface area contributed by atoms with Crippen molar-refractivity contribution in [3.05, 3.63) is 128 Å². The van der Waals surface area contributed by atoms with E-state index >= 15 is 0 Å². The zero-order valence-electron chi connectivity index (χ0n) is 21.3. The molecular weight excluding hydrogens is 526 g/mol. The first kappa shape index (κ1) is 26.5. The number of pyridine rings is 1. The highest BCUT2D eigenvalue weighted by molar-refractivity contribution is 8.00. The fourth-order valence-corrected chi connectivity index (χ4v) is 5.98. The molecule has 0 spiro atoms. The average Bonchev–Trinajstić information content (AvgIpc) is 2.98. The van der Waals surface area contributed by atoms with Gasteiger partial charge in [-0.1, -0.05) is 48.2 Å². The lowest BCUT2D eigenvalue weighted by Gasteiger charge is -2.15. The maximum absolute atomic E-state index is 13.4. The van der Waals surface area contributed by atoms with Crippen LogP contribution in [0.5, 0.6) is 23.1 Å². The first-order chi connectivity index (χ1) is 19.1. The number of ether oxygens (including phenoxy) is 3. The monoisotopic (exact) mass is 553 g/mol. The Morgan fingerprint density at radius 2 is 1.38 bits per heavy atom. The first-order valence-electron chi connectivity index (χ1n) is 12.5. The molecule has 2 atom stereocenters. The fourth-order valence-electron chi connectivity index (χ4n) is 3.67. The van der Waals surface area contributed by atoms with Crippen molar-refractivity contribution < 1.29 is 18.4 Å². The van der Waals surface area contributed by atoms with Crippen LogP contribution in [0.2, 0.25) is 0 Å². The minimum absolute atomic E-state index is 0.149. The fraction of sp³-hybridized carbons (Fsp3) is 0.0938. The average molecular weight is 554 g/mol. The highest BCUT2D eigenvalue weighted by Crippen LogP contribution is 2.34. The predicted molar refractivity (Wildman–Crippen MR) is 154 cm³/mol. The maximum Gasteiger partial charge on any atom is 0.213 e. The predicted octanol–water partition coefficient (Wildman–Crippen LogP) is 8.04. The van der Waals surface area contributed by atoms with Crippen LogP contribution in [-0.4, -0.2) is 21.9 Å². The van der Waals surface area contributed by atoms with Gasteiger partial charge in [0.2, 0.25) is 5.88 Å². The SMILES string of the molecule is CC(COc1ccc(Oc2ccc(S(=O)c3ccccc3Sc3ccccc3)cc2)cc1)Oc1ccccn1. The molecule has 1 aromatic heterocycles. The second-order valence-corrected chi connectivity index (χ2v) is 11.1. The lowest BCUT2D eigenvalue weighted by atomic mass is 10.3. The van der Waals surface area contributed by atoms with Gasteiger partial charge in [0.25, 0.3) is 0 Å². The molecule has 0 N–H and O–H groups in total. The summed E-state index contributed by atoms with van der Waals surface area (Å²) in [7, 11) is -1.32. The largest absolute Gasteiger partial charge is 0.490 e. The summed E-state index contributed by atoms with van der Waals surface area (Å²) in [6.07, 6.45) is 1.55. The van der Waals surface area contributed by atoms with E-state index in [1.165, 1.54) is 0 Å². The minimum atomic E-state index is -1.32. The molecule has 5 rings (SSSR count). The Labute approximate surface area is 235 Å². The van der Waals surface area contributed by atoms with E-state index in [0.717, 1.165) is 20.4 Å². The molecular formula is C32H27NO4S2. The Kier molecular flexibility index (Phi) is 8.94. The van der Waals surface area contributed by atoms with E-state index in [-0.39, 0.29) is 6.10 Å². The van der Waals surface area contributed by atoms with Crippen molar-refractivity contribution in [2.75, 3.05) is 6.61 Å². The summed E-state index contributed by atoms with van der Waals surface area (Å²) in [5, 5.41) is 0. The van der Waals surface area contributed by atoms with Gasteiger partial charge in [-0.3, -0.25) is 0 Å². The zero-order valence-corrected chi connectivity index (χ0v) is 22.9. The minimum Gasteiger partial charge on any atom is -0.490 e. The third-order valence-electron chi connectivity index (χ3n) is 5.56. The normalized spacial score (nSPS) is 12.3. The lowest BCUT2D eigenvalue weighted by Crippen LogP contribution is -2.21. The van der Waals surface area contributed by atoms with Crippen molar-refractivity contribution in [2.24, 2.45) is 0 Å². The molecule has 1 heterocycles. The summed E-state index contributed by atoms with van der Waals surface area (Å²) in [5.41, 5.74) is 0. The number of nitrogens with zero attached hydrogens (tertiary/aromatic N) is 1. The van der Waals surface area contributed by atoms with Crippen molar-refractivity contribution in [3.63, 3.8) is 0 Å². The Hall–Kier alpha value is -4.07. The van der Waals surface area contributed by atoms with Crippen molar-refractivity contribution in [3.8, 4) is 23.1 Å². The van der Waals surface area contributed by atoms with Crippen LogP contribution in [0.1, 0.15) is 6.92 Å². The van der Waals surface area contributed by atoms with E-state index in [0.29, 0.717) is 28.9 Å². The summed E-state index contributed by atoms with van der Waals surface area (Å²) in [4.78, 5) is 7.75. The van der Waals surface area contributed by atoms with Crippen molar-refractivity contribution in [1.29, 1.82) is 0 Å². The van der Waals surface area contributed by atoms with Crippen LogP contribution in [0, 0.1) is 0 Å². The van der Waals surface area contributed by atoms with E-state index in [1.807, 2.05) is 128 Å². The Bertz CT molecular complexity index is 1500. The van der Waals surface area contributed by atoms with Crippen molar-refractivity contribution in [1.82, 2.24) is 4.98 Å². The third-order valence-corrected chi connectivity index (χ3v) is 8.23. The summed E-state index contributed by atoms with van der Waals surface area (Å²) >= 11 is 1.61. The van der Waals surface area contributed by atoms with Gasteiger partial charge in [0.05, 0.1) is 15.7 Å². The van der Waals surface area contributed by atoms with E-state index in [9.17, 15) is 4.21 Å². The van der Waals surface area contributed by atoms with Crippen molar-refractivity contribution in [2.45, 2.75) is 32.6 Å². The summed E-state index contributed by atoms with van der Waals surface area (Å²) in [6.45, 7) is 2.33. The maximum atomic E-state index is 13.4. The smallest absolute Gasteiger partial charge is 0.213 e. The molecule has 39 heavy (non-hydrogen) atoms. The summed E-state index contributed by atoms with van der Waals surface area (Å²) in [5.74, 6) is 2.63. The molecule has 0 bridgehead atoms. The molecule has 0 aliphatic heterocycles. The molecule has 0 amide bonds. The van der Waals surface area contributed by atoms with Gasteiger partial charge >= 0.3 is 0 Å². The van der Waals surface area contributed by atoms with Gasteiger partial charge in [-0.25, -0.2) is 9.19 Å². The molecule has 7 heteroatoms. The van der Waals surface area contributed by atoms with Crippen LogP contribution in [0.15, 0.2) is 147 Å². The molecule has 0 fully saturated rings. The number of benzene rings is 4. The van der Waals surface area contributed by atoms with Crippen LogP contribution < -0.4 is 14.2 Å². The second-order valence-electron chi connectivity index (χ2n) is 8.58. The van der Waals surface area contributed by atoms with Crippen LogP contribution in [0.4, 0.5) is 0 Å². The van der Waals surface area contributed by atoms with Crippen molar-refractivity contribution >= 4 is 22.6 Å². The van der Waals surface area contributed by atoms with Gasteiger partial charge in [-0.05, 0) is 85.8 Å². The van der Waals surface area contributed by atoms with Crippen LogP contribution in [-0.2, 0) is 10.8 Å². The lowest BCUT2D eigenvalue weighted by molar-refractivity contribution is 0.138. The molecule has 5 nitrogen and oxygen atoms in total. The molecule has 0 radical (unpaired) electrons. The molecule has 0 saturated heterocycles. The Balaban J connectivity index is 1.17. The number of rotatable bonds is 11. The third kappa shape index (κ3) is 7.50. The second kappa shape index (κ2) is 13.1. The van der Waals surface area contributed by atoms with E-state index in [1.54, 1.807) is 18.0 Å². The number of hydrogen-bond acceptors (Lipinski definition) is 6. The molecule has 0 aliphatic rings. The molecule has 196 valence electrons. The van der Waals surface area contributed by atoms with Gasteiger partial charge in [-0.2, -0.15) is 0 Å². The Morgan fingerprint density at radius 3 is 2.10 bits per heavy atom. The van der Waals surface area contributed by atoms with Gasteiger partial charge < -0.3 is 14.2 Å². The van der Waals surface area contributed by atoms with E-state index in [4.69, 9.17) is 14.2 Å². The topological polar surface area (TPSA) is 57.7 Å². The van der Waals surface area contributed by atoms with Crippen LogP contribution >= 0.6 is 11.8 Å². The van der Waals surface area contributed by atoms with Crippen LogP contribution in [0.25, 0.3) is 0 Å². The number of hydrogen-bond donors (Lipinski definition) is 0. The van der Waals surface area contributed by atoms with E-state index < -0.39 is 10.8 Å². The van der Waals surface area contributed by atoms with Gasteiger partial charge in [0.1, 0.15) is 30.0 Å².